The fourth-order valence-corrected chi connectivity index (χ4v) is 3.39. The summed E-state index contributed by atoms with van der Waals surface area (Å²) in [4.78, 5) is 20.5. The number of amides is 1. The third-order valence-corrected chi connectivity index (χ3v) is 4.82. The molecule has 1 N–H and O–H groups in total. The lowest BCUT2D eigenvalue weighted by Crippen LogP contribution is -2.21. The van der Waals surface area contributed by atoms with Crippen molar-refractivity contribution in [2.24, 2.45) is 0 Å². The summed E-state index contributed by atoms with van der Waals surface area (Å²) in [6.07, 6.45) is 0.237. The molecule has 0 radical (unpaired) electrons. The number of nitrogens with zero attached hydrogens (tertiary/aromatic N) is 5. The molecule has 0 saturated carbocycles. The van der Waals surface area contributed by atoms with Gasteiger partial charge in [0.15, 0.2) is 17.2 Å². The molecular weight excluding hydrogens is 440 g/mol. The molecule has 12 heteroatoms. The van der Waals surface area contributed by atoms with Gasteiger partial charge < -0.3 is 5.32 Å². The van der Waals surface area contributed by atoms with E-state index in [1.165, 1.54) is 24.7 Å². The zero-order chi connectivity index (χ0) is 22.3. The standard InChI is InChI=1S/C19H13ClF4N6O/c1-2-14-12(20)7-10(8-26-14)28-18(31)11-9-27-30(16(11)19(22,23)24)15-4-3-13(21)17-25-5-6-29(15)17/h3-9H,2H2,1H3,(H,28,31). The van der Waals surface area contributed by atoms with Gasteiger partial charge in [0.2, 0.25) is 0 Å². The van der Waals surface area contributed by atoms with Crippen molar-refractivity contribution in [3.8, 4) is 5.82 Å². The number of nitrogens with one attached hydrogen (secondary N) is 1. The minimum atomic E-state index is -4.94. The van der Waals surface area contributed by atoms with Gasteiger partial charge in [0.25, 0.3) is 5.91 Å². The van der Waals surface area contributed by atoms with Crippen LogP contribution >= 0.6 is 11.6 Å². The van der Waals surface area contributed by atoms with Crippen LogP contribution in [0.15, 0.2) is 43.0 Å². The van der Waals surface area contributed by atoms with Gasteiger partial charge in [-0.25, -0.2) is 14.1 Å². The minimum absolute atomic E-state index is 0.131. The van der Waals surface area contributed by atoms with Gasteiger partial charge in [-0.3, -0.25) is 14.2 Å². The van der Waals surface area contributed by atoms with Crippen molar-refractivity contribution in [3.05, 3.63) is 70.8 Å². The van der Waals surface area contributed by atoms with Gasteiger partial charge in [0, 0.05) is 12.4 Å². The molecule has 0 spiro atoms. The number of rotatable bonds is 4. The number of fused-ring (bicyclic) bond motifs is 1. The van der Waals surface area contributed by atoms with Crippen LogP contribution in [0, 0.1) is 5.82 Å². The van der Waals surface area contributed by atoms with Crippen LogP contribution in [0.4, 0.5) is 23.2 Å². The van der Waals surface area contributed by atoms with E-state index in [-0.39, 0.29) is 22.2 Å². The lowest BCUT2D eigenvalue weighted by Gasteiger charge is -2.14. The average Bonchev–Trinajstić information content (AvgIpc) is 3.36. The molecule has 160 valence electrons. The van der Waals surface area contributed by atoms with E-state index in [0.717, 1.165) is 22.7 Å². The van der Waals surface area contributed by atoms with Gasteiger partial charge in [-0.1, -0.05) is 18.5 Å². The molecule has 0 saturated heterocycles. The normalized spacial score (nSPS) is 11.8. The Morgan fingerprint density at radius 3 is 2.68 bits per heavy atom. The highest BCUT2D eigenvalue weighted by Crippen LogP contribution is 2.34. The zero-order valence-corrected chi connectivity index (χ0v) is 16.5. The first-order valence-corrected chi connectivity index (χ1v) is 9.31. The molecule has 4 rings (SSSR count). The van der Waals surface area contributed by atoms with Crippen LogP contribution in [0.5, 0.6) is 0 Å². The van der Waals surface area contributed by atoms with Gasteiger partial charge in [-0.15, -0.1) is 0 Å². The molecule has 0 fully saturated rings. The number of pyridine rings is 2. The first-order valence-electron chi connectivity index (χ1n) is 8.93. The van der Waals surface area contributed by atoms with Crippen LogP contribution in [0.3, 0.4) is 0 Å². The van der Waals surface area contributed by atoms with Crippen LogP contribution < -0.4 is 5.32 Å². The number of hydrogen-bond acceptors (Lipinski definition) is 4. The van der Waals surface area contributed by atoms with Crippen LogP contribution in [0.2, 0.25) is 5.02 Å². The highest BCUT2D eigenvalue weighted by molar-refractivity contribution is 6.31. The van der Waals surface area contributed by atoms with Crippen LogP contribution in [-0.4, -0.2) is 30.1 Å². The van der Waals surface area contributed by atoms with E-state index in [9.17, 15) is 22.4 Å². The second-order valence-electron chi connectivity index (χ2n) is 6.44. The maximum absolute atomic E-state index is 13.9. The summed E-state index contributed by atoms with van der Waals surface area (Å²) in [7, 11) is 0. The maximum atomic E-state index is 13.9. The third-order valence-electron chi connectivity index (χ3n) is 4.49. The molecule has 0 unspecified atom stereocenters. The summed E-state index contributed by atoms with van der Waals surface area (Å²) in [5.41, 5.74) is -1.50. The monoisotopic (exact) mass is 452 g/mol. The van der Waals surface area contributed by atoms with Crippen molar-refractivity contribution in [2.45, 2.75) is 19.5 Å². The number of imidazole rings is 1. The largest absolute Gasteiger partial charge is 0.434 e. The van der Waals surface area contributed by atoms with E-state index in [1.807, 2.05) is 6.92 Å². The molecule has 0 bridgehead atoms. The Hall–Kier alpha value is -3.47. The first-order chi connectivity index (χ1) is 14.7. The van der Waals surface area contributed by atoms with Crippen LogP contribution in [0.1, 0.15) is 28.7 Å². The summed E-state index contributed by atoms with van der Waals surface area (Å²) in [5.74, 6) is -1.91. The predicted molar refractivity (Wildman–Crippen MR) is 104 cm³/mol. The summed E-state index contributed by atoms with van der Waals surface area (Å²) < 4.78 is 57.3. The van der Waals surface area contributed by atoms with Gasteiger partial charge in [0.05, 0.1) is 34.4 Å². The smallest absolute Gasteiger partial charge is 0.320 e. The second-order valence-corrected chi connectivity index (χ2v) is 6.84. The molecule has 4 aromatic heterocycles. The Labute approximate surface area is 177 Å². The average molecular weight is 453 g/mol. The topological polar surface area (TPSA) is 77.1 Å². The molecule has 7 nitrogen and oxygen atoms in total. The Morgan fingerprint density at radius 2 is 2.00 bits per heavy atom. The molecule has 1 amide bonds. The van der Waals surface area contributed by atoms with Crippen molar-refractivity contribution in [2.75, 3.05) is 5.32 Å². The molecule has 0 aliphatic rings. The van der Waals surface area contributed by atoms with E-state index in [4.69, 9.17) is 11.6 Å². The number of aromatic nitrogens is 5. The number of anilines is 1. The summed E-state index contributed by atoms with van der Waals surface area (Å²) in [6.45, 7) is 1.84. The third kappa shape index (κ3) is 3.72. The molecular formula is C19H13ClF4N6O. The first kappa shape index (κ1) is 20.8. The van der Waals surface area contributed by atoms with Crippen molar-refractivity contribution < 1.29 is 22.4 Å². The van der Waals surface area contributed by atoms with E-state index in [2.05, 4.69) is 20.4 Å². The van der Waals surface area contributed by atoms with Crippen LogP contribution in [-0.2, 0) is 12.6 Å². The fraction of sp³-hybridized carbons (Fsp3) is 0.158. The molecule has 0 aliphatic heterocycles. The van der Waals surface area contributed by atoms with E-state index >= 15 is 0 Å². The van der Waals surface area contributed by atoms with Gasteiger partial charge in [-0.05, 0) is 24.6 Å². The molecule has 0 aromatic carbocycles. The molecule has 4 heterocycles. The summed E-state index contributed by atoms with van der Waals surface area (Å²) in [6, 6.07) is 3.49. The predicted octanol–water partition coefficient (Wildman–Crippen LogP) is 4.54. The molecule has 0 atom stereocenters. The Morgan fingerprint density at radius 1 is 1.23 bits per heavy atom. The number of halogens is 5. The SMILES string of the molecule is CCc1ncc(NC(=O)c2cnn(-c3ccc(F)c4nccn34)c2C(F)(F)F)cc1Cl. The minimum Gasteiger partial charge on any atom is -0.320 e. The Kier molecular flexibility index (Phi) is 5.13. The highest BCUT2D eigenvalue weighted by atomic mass is 35.5. The Balaban J connectivity index is 1.78. The van der Waals surface area contributed by atoms with E-state index in [0.29, 0.717) is 16.8 Å². The van der Waals surface area contributed by atoms with Gasteiger partial charge in [-0.2, -0.15) is 18.3 Å². The lowest BCUT2D eigenvalue weighted by molar-refractivity contribution is -0.143. The fourth-order valence-electron chi connectivity index (χ4n) is 3.09. The van der Waals surface area contributed by atoms with E-state index in [1.54, 1.807) is 0 Å². The van der Waals surface area contributed by atoms with Crippen LogP contribution in [0.25, 0.3) is 11.5 Å². The Bertz CT molecular complexity index is 1300. The number of aryl methyl sites for hydroxylation is 1. The lowest BCUT2D eigenvalue weighted by atomic mass is 10.2. The second kappa shape index (κ2) is 7.65. The van der Waals surface area contributed by atoms with Crippen molar-refractivity contribution in [1.29, 1.82) is 0 Å². The summed E-state index contributed by atoms with van der Waals surface area (Å²) >= 11 is 6.05. The number of carbonyl (C=O) groups excluding carboxylic acids is 1. The van der Waals surface area contributed by atoms with Crippen molar-refractivity contribution in [1.82, 2.24) is 24.1 Å². The van der Waals surface area contributed by atoms with Gasteiger partial charge in [0.1, 0.15) is 5.82 Å². The number of carbonyl (C=O) groups is 1. The quantitative estimate of drug-likeness (QED) is 0.461. The van der Waals surface area contributed by atoms with Crippen molar-refractivity contribution >= 4 is 28.8 Å². The zero-order valence-electron chi connectivity index (χ0n) is 15.8. The summed E-state index contributed by atoms with van der Waals surface area (Å²) in [5, 5.41) is 6.37. The highest BCUT2D eigenvalue weighted by Gasteiger charge is 2.41. The van der Waals surface area contributed by atoms with Gasteiger partial charge >= 0.3 is 6.18 Å². The number of alkyl halides is 3. The maximum Gasteiger partial charge on any atom is 0.434 e. The molecule has 31 heavy (non-hydrogen) atoms. The number of hydrogen-bond donors (Lipinski definition) is 1. The van der Waals surface area contributed by atoms with E-state index < -0.39 is 29.2 Å². The molecule has 0 aliphatic carbocycles. The molecule has 4 aromatic rings. The van der Waals surface area contributed by atoms with Crippen molar-refractivity contribution in [3.63, 3.8) is 0 Å².